The lowest BCUT2D eigenvalue weighted by Gasteiger charge is -2.29. The van der Waals surface area contributed by atoms with Crippen LogP contribution >= 0.6 is 15.9 Å². The first-order valence-corrected chi connectivity index (χ1v) is 8.95. The first-order chi connectivity index (χ1) is 11.5. The van der Waals surface area contributed by atoms with Crippen LogP contribution in [0.5, 0.6) is 0 Å². The minimum Gasteiger partial charge on any atom is -0.384 e. The largest absolute Gasteiger partial charge is 0.384 e. The van der Waals surface area contributed by atoms with Crippen LogP contribution in [0.25, 0.3) is 5.65 Å². The zero-order valence-electron chi connectivity index (χ0n) is 13.6. The molecular formula is C19H20BrN3O. The van der Waals surface area contributed by atoms with Gasteiger partial charge in [-0.2, -0.15) is 0 Å². The van der Waals surface area contributed by atoms with Gasteiger partial charge in [0, 0.05) is 30.0 Å². The van der Waals surface area contributed by atoms with E-state index in [-0.39, 0.29) is 0 Å². The van der Waals surface area contributed by atoms with Crippen LogP contribution in [0, 0.1) is 0 Å². The summed E-state index contributed by atoms with van der Waals surface area (Å²) in [5.74, 6) is 0. The van der Waals surface area contributed by atoms with E-state index in [0.29, 0.717) is 13.1 Å². The summed E-state index contributed by atoms with van der Waals surface area (Å²) in [4.78, 5) is 6.82. The van der Waals surface area contributed by atoms with Gasteiger partial charge in [0.05, 0.1) is 5.69 Å². The highest BCUT2D eigenvalue weighted by atomic mass is 79.9. The zero-order chi connectivity index (χ0) is 16.7. The number of benzene rings is 1. The van der Waals surface area contributed by atoms with E-state index in [0.717, 1.165) is 34.2 Å². The Kier molecular flexibility index (Phi) is 3.95. The minimum absolute atomic E-state index is 0.613. The van der Waals surface area contributed by atoms with Gasteiger partial charge in [-0.3, -0.25) is 4.90 Å². The number of likely N-dealkylation sites (N-methyl/N-ethyl adjacent to an activating group) is 1. The molecule has 1 atom stereocenters. The highest BCUT2D eigenvalue weighted by molar-refractivity contribution is 9.10. The maximum absolute atomic E-state index is 11.1. The van der Waals surface area contributed by atoms with Gasteiger partial charge in [-0.25, -0.2) is 4.98 Å². The standard InChI is InChI=1S/C19H20BrN3O/c1-22(11-16-12-23-9-7-15(20)10-18(23)21-16)13-19(24)8-6-14-4-2-3-5-17(14)19/h2-5,7,9-10,12,24H,6,8,11,13H2,1H3. The Hall–Kier alpha value is -1.69. The van der Waals surface area contributed by atoms with Gasteiger partial charge in [-0.05, 0) is 43.1 Å². The lowest BCUT2D eigenvalue weighted by molar-refractivity contribution is 0.00526. The molecule has 1 N–H and O–H groups in total. The van der Waals surface area contributed by atoms with Gasteiger partial charge in [-0.1, -0.05) is 40.2 Å². The minimum atomic E-state index is -0.756. The third-order valence-electron chi connectivity index (χ3n) is 4.76. The molecule has 0 spiro atoms. The number of pyridine rings is 1. The molecule has 2 heterocycles. The van der Waals surface area contributed by atoms with Gasteiger partial charge >= 0.3 is 0 Å². The summed E-state index contributed by atoms with van der Waals surface area (Å²) in [5, 5.41) is 11.1. The molecule has 1 unspecified atom stereocenters. The highest BCUT2D eigenvalue weighted by Gasteiger charge is 2.37. The first-order valence-electron chi connectivity index (χ1n) is 8.16. The fourth-order valence-corrected chi connectivity index (χ4v) is 4.02. The Bertz CT molecular complexity index is 891. The molecule has 124 valence electrons. The molecule has 4 nitrogen and oxygen atoms in total. The van der Waals surface area contributed by atoms with Crippen molar-refractivity contribution < 1.29 is 5.11 Å². The fourth-order valence-electron chi connectivity index (χ4n) is 3.70. The molecular weight excluding hydrogens is 366 g/mol. The summed E-state index contributed by atoms with van der Waals surface area (Å²) >= 11 is 3.48. The first kappa shape index (κ1) is 15.8. The van der Waals surface area contributed by atoms with Gasteiger partial charge in [0.1, 0.15) is 11.2 Å². The van der Waals surface area contributed by atoms with E-state index in [1.54, 1.807) is 0 Å². The van der Waals surface area contributed by atoms with Crippen molar-refractivity contribution in [3.63, 3.8) is 0 Å². The van der Waals surface area contributed by atoms with Crippen LogP contribution in [0.3, 0.4) is 0 Å². The number of hydrogen-bond donors (Lipinski definition) is 1. The molecule has 1 aliphatic rings. The molecule has 0 fully saturated rings. The summed E-state index contributed by atoms with van der Waals surface area (Å²) in [6, 6.07) is 12.2. The molecule has 3 aromatic rings. The molecule has 0 saturated carbocycles. The van der Waals surface area contributed by atoms with E-state index in [9.17, 15) is 5.11 Å². The SMILES string of the molecule is CN(Cc1cn2ccc(Br)cc2n1)CC1(O)CCc2ccccc21. The van der Waals surface area contributed by atoms with Gasteiger partial charge in [0.25, 0.3) is 0 Å². The number of aromatic nitrogens is 2. The molecule has 0 aliphatic heterocycles. The molecule has 0 bridgehead atoms. The molecule has 1 aliphatic carbocycles. The summed E-state index contributed by atoms with van der Waals surface area (Å²) in [5.41, 5.74) is 3.53. The zero-order valence-corrected chi connectivity index (χ0v) is 15.2. The molecule has 0 amide bonds. The third-order valence-corrected chi connectivity index (χ3v) is 5.26. The van der Waals surface area contributed by atoms with Crippen molar-refractivity contribution in [3.05, 3.63) is 70.1 Å². The lowest BCUT2D eigenvalue weighted by atomic mass is 9.95. The molecule has 24 heavy (non-hydrogen) atoms. The van der Waals surface area contributed by atoms with Gasteiger partial charge in [0.15, 0.2) is 0 Å². The second kappa shape index (κ2) is 5.99. The van der Waals surface area contributed by atoms with Crippen molar-refractivity contribution in [1.82, 2.24) is 14.3 Å². The van der Waals surface area contributed by atoms with E-state index in [1.165, 1.54) is 5.56 Å². The van der Waals surface area contributed by atoms with Crippen LogP contribution in [0.15, 0.2) is 53.3 Å². The Balaban J connectivity index is 1.51. The predicted molar refractivity (Wildman–Crippen MR) is 97.9 cm³/mol. The van der Waals surface area contributed by atoms with Gasteiger partial charge < -0.3 is 9.51 Å². The Morgan fingerprint density at radius 1 is 1.33 bits per heavy atom. The number of fused-ring (bicyclic) bond motifs is 2. The quantitative estimate of drug-likeness (QED) is 0.748. The summed E-state index contributed by atoms with van der Waals surface area (Å²) in [6.07, 6.45) is 5.78. The second-order valence-corrected chi connectivity index (χ2v) is 7.62. The number of hydrogen-bond acceptors (Lipinski definition) is 3. The van der Waals surface area contributed by atoms with E-state index >= 15 is 0 Å². The summed E-state index contributed by atoms with van der Waals surface area (Å²) in [7, 11) is 2.04. The average Bonchev–Trinajstić information content (AvgIpc) is 3.08. The topological polar surface area (TPSA) is 40.8 Å². The van der Waals surface area contributed by atoms with E-state index < -0.39 is 5.60 Å². The Morgan fingerprint density at radius 2 is 2.17 bits per heavy atom. The van der Waals surface area contributed by atoms with Crippen LogP contribution in [0.2, 0.25) is 0 Å². The Labute approximate surface area is 149 Å². The fraction of sp³-hybridized carbons (Fsp3) is 0.316. The maximum atomic E-state index is 11.1. The molecule has 5 heteroatoms. The highest BCUT2D eigenvalue weighted by Crippen LogP contribution is 2.37. The van der Waals surface area contributed by atoms with Crippen LogP contribution in [-0.2, 0) is 18.6 Å². The monoisotopic (exact) mass is 385 g/mol. The van der Waals surface area contributed by atoms with Crippen LogP contribution in [0.1, 0.15) is 23.2 Å². The Morgan fingerprint density at radius 3 is 3.04 bits per heavy atom. The van der Waals surface area contributed by atoms with Crippen LogP contribution in [-0.4, -0.2) is 33.0 Å². The van der Waals surface area contributed by atoms with E-state index in [4.69, 9.17) is 0 Å². The number of aryl methyl sites for hydroxylation is 1. The lowest BCUT2D eigenvalue weighted by Crippen LogP contribution is -2.37. The molecule has 0 radical (unpaired) electrons. The van der Waals surface area contributed by atoms with Crippen molar-refractivity contribution in [2.45, 2.75) is 25.0 Å². The second-order valence-electron chi connectivity index (χ2n) is 6.70. The number of rotatable bonds is 4. The molecule has 0 saturated heterocycles. The predicted octanol–water partition coefficient (Wildman–Crippen LogP) is 3.36. The van der Waals surface area contributed by atoms with Crippen molar-refractivity contribution in [1.29, 1.82) is 0 Å². The van der Waals surface area contributed by atoms with Crippen LogP contribution < -0.4 is 0 Å². The summed E-state index contributed by atoms with van der Waals surface area (Å²) < 4.78 is 3.05. The smallest absolute Gasteiger partial charge is 0.138 e. The number of halogens is 1. The van der Waals surface area contributed by atoms with Crippen molar-refractivity contribution in [2.24, 2.45) is 0 Å². The van der Waals surface area contributed by atoms with Crippen molar-refractivity contribution >= 4 is 21.6 Å². The number of imidazole rings is 1. The average molecular weight is 386 g/mol. The van der Waals surface area contributed by atoms with Crippen LogP contribution in [0.4, 0.5) is 0 Å². The van der Waals surface area contributed by atoms with Crippen molar-refractivity contribution in [2.75, 3.05) is 13.6 Å². The number of aliphatic hydroxyl groups is 1. The number of nitrogens with zero attached hydrogens (tertiary/aromatic N) is 3. The molecule has 4 rings (SSSR count). The van der Waals surface area contributed by atoms with Gasteiger partial charge in [-0.15, -0.1) is 0 Å². The summed E-state index contributed by atoms with van der Waals surface area (Å²) in [6.45, 7) is 1.32. The maximum Gasteiger partial charge on any atom is 0.138 e. The van der Waals surface area contributed by atoms with E-state index in [2.05, 4.69) is 37.9 Å². The van der Waals surface area contributed by atoms with E-state index in [1.807, 2.05) is 48.1 Å². The third kappa shape index (κ3) is 2.88. The molecule has 2 aromatic heterocycles. The normalized spacial score (nSPS) is 20.0. The molecule has 1 aromatic carbocycles. The van der Waals surface area contributed by atoms with Gasteiger partial charge in [0.2, 0.25) is 0 Å². The van der Waals surface area contributed by atoms with Crippen molar-refractivity contribution in [3.8, 4) is 0 Å².